The summed E-state index contributed by atoms with van der Waals surface area (Å²) in [4.78, 5) is 32.0. The third-order valence-electron chi connectivity index (χ3n) is 4.96. The highest BCUT2D eigenvalue weighted by Gasteiger charge is 2.27. The van der Waals surface area contributed by atoms with Crippen LogP contribution in [-0.2, 0) is 27.3 Å². The largest absolute Gasteiger partial charge is 0.497 e. The summed E-state index contributed by atoms with van der Waals surface area (Å²) in [6.07, 6.45) is 1.93. The first-order valence-corrected chi connectivity index (χ1v) is 10.4. The Hall–Kier alpha value is -2.65. The number of methoxy groups -OCH3 is 1. The number of thiazole rings is 1. The smallest absolute Gasteiger partial charge is 0.260 e. The summed E-state index contributed by atoms with van der Waals surface area (Å²) >= 11 is 1.41. The minimum absolute atomic E-state index is 0.0247. The normalized spacial score (nSPS) is 18.2. The molecule has 0 saturated carbocycles. The molecule has 0 spiro atoms. The molecule has 154 valence electrons. The predicted molar refractivity (Wildman–Crippen MR) is 107 cm³/mol. The van der Waals surface area contributed by atoms with E-state index in [9.17, 15) is 9.59 Å². The van der Waals surface area contributed by atoms with E-state index in [4.69, 9.17) is 14.2 Å². The highest BCUT2D eigenvalue weighted by molar-refractivity contribution is 7.15. The van der Waals surface area contributed by atoms with Crippen LogP contribution in [0.1, 0.15) is 23.4 Å². The van der Waals surface area contributed by atoms with Crippen LogP contribution in [0.5, 0.6) is 11.5 Å². The average Bonchev–Trinajstić information content (AvgIpc) is 3.41. The lowest BCUT2D eigenvalue weighted by Crippen LogP contribution is -2.38. The zero-order chi connectivity index (χ0) is 20.2. The monoisotopic (exact) mass is 417 g/mol. The Balaban J connectivity index is 1.31. The van der Waals surface area contributed by atoms with Crippen LogP contribution >= 0.6 is 11.3 Å². The van der Waals surface area contributed by atoms with E-state index in [-0.39, 0.29) is 24.5 Å². The number of nitrogens with one attached hydrogen (secondary N) is 1. The van der Waals surface area contributed by atoms with Gasteiger partial charge in [-0.25, -0.2) is 4.98 Å². The van der Waals surface area contributed by atoms with Crippen molar-refractivity contribution in [2.24, 2.45) is 0 Å². The van der Waals surface area contributed by atoms with Gasteiger partial charge in [0, 0.05) is 24.4 Å². The van der Waals surface area contributed by atoms with E-state index in [1.807, 2.05) is 0 Å². The predicted octanol–water partition coefficient (Wildman–Crippen LogP) is 2.23. The number of carbonyl (C=O) groups is 2. The van der Waals surface area contributed by atoms with Gasteiger partial charge in [0.15, 0.2) is 11.7 Å². The number of anilines is 1. The number of hydrogen-bond donors (Lipinski definition) is 1. The minimum Gasteiger partial charge on any atom is -0.497 e. The van der Waals surface area contributed by atoms with Gasteiger partial charge in [-0.2, -0.15) is 0 Å². The number of aromatic nitrogens is 1. The Morgan fingerprint density at radius 2 is 2.10 bits per heavy atom. The van der Waals surface area contributed by atoms with Crippen molar-refractivity contribution in [3.63, 3.8) is 0 Å². The molecule has 2 aromatic rings. The topological polar surface area (TPSA) is 90.0 Å². The van der Waals surface area contributed by atoms with Crippen molar-refractivity contribution in [2.45, 2.75) is 31.9 Å². The molecule has 3 heterocycles. The van der Waals surface area contributed by atoms with Gasteiger partial charge >= 0.3 is 0 Å². The fraction of sp³-hybridized carbons (Fsp3) is 0.450. The molecule has 0 aliphatic carbocycles. The molecule has 1 fully saturated rings. The van der Waals surface area contributed by atoms with Crippen LogP contribution in [0.15, 0.2) is 24.3 Å². The van der Waals surface area contributed by atoms with Crippen LogP contribution < -0.4 is 14.8 Å². The zero-order valence-electron chi connectivity index (χ0n) is 16.2. The van der Waals surface area contributed by atoms with Gasteiger partial charge in [0.05, 0.1) is 19.3 Å². The van der Waals surface area contributed by atoms with Gasteiger partial charge in [-0.05, 0) is 37.1 Å². The van der Waals surface area contributed by atoms with Crippen molar-refractivity contribution in [1.82, 2.24) is 9.88 Å². The SMILES string of the molecule is COc1ccc(OCC(=O)N2CCc3nc(NC(=O)C4CCCO4)sc3C2)cc1. The second kappa shape index (κ2) is 8.79. The maximum atomic E-state index is 12.5. The van der Waals surface area contributed by atoms with Crippen LogP contribution in [0.2, 0.25) is 0 Å². The molecule has 1 aromatic heterocycles. The highest BCUT2D eigenvalue weighted by Crippen LogP contribution is 2.29. The number of rotatable bonds is 6. The molecule has 1 N–H and O–H groups in total. The third-order valence-corrected chi connectivity index (χ3v) is 5.96. The Kier molecular flexibility index (Phi) is 5.96. The average molecular weight is 417 g/mol. The van der Waals surface area contributed by atoms with Crippen LogP contribution in [0.4, 0.5) is 5.13 Å². The molecule has 1 saturated heterocycles. The first kappa shape index (κ1) is 19.7. The van der Waals surface area contributed by atoms with Crippen LogP contribution in [-0.4, -0.2) is 54.7 Å². The number of hydrogen-bond acceptors (Lipinski definition) is 7. The molecule has 4 rings (SSSR count). The Morgan fingerprint density at radius 1 is 1.31 bits per heavy atom. The highest BCUT2D eigenvalue weighted by atomic mass is 32.1. The summed E-state index contributed by atoms with van der Waals surface area (Å²) in [5, 5.41) is 3.41. The third kappa shape index (κ3) is 4.68. The summed E-state index contributed by atoms with van der Waals surface area (Å²) in [6.45, 7) is 1.67. The Bertz CT molecular complexity index is 877. The quantitative estimate of drug-likeness (QED) is 0.775. The van der Waals surface area contributed by atoms with E-state index in [0.717, 1.165) is 29.2 Å². The van der Waals surface area contributed by atoms with Gasteiger partial charge in [-0.3, -0.25) is 14.9 Å². The van der Waals surface area contributed by atoms with E-state index >= 15 is 0 Å². The first-order valence-electron chi connectivity index (χ1n) is 9.58. The number of nitrogens with zero attached hydrogens (tertiary/aromatic N) is 2. The van der Waals surface area contributed by atoms with Gasteiger partial charge < -0.3 is 19.1 Å². The molecular formula is C20H23N3O5S. The molecule has 1 atom stereocenters. The molecule has 1 unspecified atom stereocenters. The fourth-order valence-electron chi connectivity index (χ4n) is 3.34. The van der Waals surface area contributed by atoms with E-state index in [0.29, 0.717) is 37.0 Å². The van der Waals surface area contributed by atoms with Crippen molar-refractivity contribution in [3.8, 4) is 11.5 Å². The lowest BCUT2D eigenvalue weighted by atomic mass is 10.2. The number of fused-ring (bicyclic) bond motifs is 1. The van der Waals surface area contributed by atoms with Crippen LogP contribution in [0.25, 0.3) is 0 Å². The standard InChI is InChI=1S/C20H23N3O5S/c1-26-13-4-6-14(7-5-13)28-12-18(24)23-9-8-15-17(11-23)29-20(21-15)22-19(25)16-3-2-10-27-16/h4-7,16H,2-3,8-12H2,1H3,(H,21,22,25). The van der Waals surface area contributed by atoms with Crippen molar-refractivity contribution >= 4 is 28.3 Å². The molecule has 2 aliphatic rings. The van der Waals surface area contributed by atoms with Crippen molar-refractivity contribution in [3.05, 3.63) is 34.8 Å². The van der Waals surface area contributed by atoms with E-state index in [1.165, 1.54) is 11.3 Å². The van der Waals surface area contributed by atoms with Gasteiger partial charge in [-0.15, -0.1) is 0 Å². The van der Waals surface area contributed by atoms with Crippen molar-refractivity contribution in [2.75, 3.05) is 32.2 Å². The van der Waals surface area contributed by atoms with E-state index in [2.05, 4.69) is 10.3 Å². The van der Waals surface area contributed by atoms with Crippen LogP contribution in [0, 0.1) is 0 Å². The molecule has 2 aliphatic heterocycles. The van der Waals surface area contributed by atoms with Gasteiger partial charge in [-0.1, -0.05) is 11.3 Å². The van der Waals surface area contributed by atoms with Crippen LogP contribution in [0.3, 0.4) is 0 Å². The molecule has 0 radical (unpaired) electrons. The fourth-order valence-corrected chi connectivity index (χ4v) is 4.37. The second-order valence-electron chi connectivity index (χ2n) is 6.91. The summed E-state index contributed by atoms with van der Waals surface area (Å²) in [5.41, 5.74) is 0.942. The van der Waals surface area contributed by atoms with E-state index < -0.39 is 0 Å². The summed E-state index contributed by atoms with van der Waals surface area (Å²) in [7, 11) is 1.60. The molecular weight excluding hydrogens is 394 g/mol. The van der Waals surface area contributed by atoms with Gasteiger partial charge in [0.1, 0.15) is 17.6 Å². The molecule has 2 amide bonds. The maximum absolute atomic E-state index is 12.5. The zero-order valence-corrected chi connectivity index (χ0v) is 17.0. The molecule has 0 bridgehead atoms. The first-order chi connectivity index (χ1) is 14.1. The lowest BCUT2D eigenvalue weighted by molar-refractivity contribution is -0.134. The maximum Gasteiger partial charge on any atom is 0.260 e. The van der Waals surface area contributed by atoms with Crippen molar-refractivity contribution in [1.29, 1.82) is 0 Å². The summed E-state index contributed by atoms with van der Waals surface area (Å²) in [5.74, 6) is 1.13. The Labute approximate surface area is 172 Å². The molecule has 8 nitrogen and oxygen atoms in total. The number of carbonyl (C=O) groups excluding carboxylic acids is 2. The van der Waals surface area contributed by atoms with Gasteiger partial charge in [0.2, 0.25) is 0 Å². The molecule has 1 aromatic carbocycles. The number of ether oxygens (including phenoxy) is 3. The number of benzene rings is 1. The van der Waals surface area contributed by atoms with Crippen molar-refractivity contribution < 1.29 is 23.8 Å². The molecule has 29 heavy (non-hydrogen) atoms. The van der Waals surface area contributed by atoms with E-state index in [1.54, 1.807) is 36.3 Å². The summed E-state index contributed by atoms with van der Waals surface area (Å²) in [6, 6.07) is 7.12. The number of amides is 2. The Morgan fingerprint density at radius 3 is 2.83 bits per heavy atom. The minimum atomic E-state index is -0.385. The second-order valence-corrected chi connectivity index (χ2v) is 7.99. The summed E-state index contributed by atoms with van der Waals surface area (Å²) < 4.78 is 16.1. The van der Waals surface area contributed by atoms with Gasteiger partial charge in [0.25, 0.3) is 11.8 Å². The molecule has 9 heteroatoms. The lowest BCUT2D eigenvalue weighted by Gasteiger charge is -2.26.